The molecular weight excluding hydrogens is 318 g/mol. The Bertz CT molecular complexity index is 968. The van der Waals surface area contributed by atoms with Gasteiger partial charge < -0.3 is 0 Å². The van der Waals surface area contributed by atoms with E-state index in [4.69, 9.17) is 0 Å². The van der Waals surface area contributed by atoms with Gasteiger partial charge >= 0.3 is 0 Å². The summed E-state index contributed by atoms with van der Waals surface area (Å²) < 4.78 is 0. The Labute approximate surface area is 143 Å². The maximum absolute atomic E-state index is 4.62. The lowest BCUT2D eigenvalue weighted by Gasteiger charge is -1.99. The fourth-order valence-corrected chi connectivity index (χ4v) is 3.30. The topological polar surface area (TPSA) is 56.5 Å². The van der Waals surface area contributed by atoms with Gasteiger partial charge in [0.05, 0.1) is 11.4 Å². The van der Waals surface area contributed by atoms with Crippen molar-refractivity contribution in [2.45, 2.75) is 13.8 Å². The molecule has 0 spiro atoms. The molecule has 2 aromatic carbocycles. The summed E-state index contributed by atoms with van der Waals surface area (Å²) in [5.74, 6) is 0.603. The van der Waals surface area contributed by atoms with E-state index in [2.05, 4.69) is 39.5 Å². The molecule has 24 heavy (non-hydrogen) atoms. The van der Waals surface area contributed by atoms with Crippen molar-refractivity contribution in [3.8, 4) is 27.6 Å². The lowest BCUT2D eigenvalue weighted by Crippen LogP contribution is -1.98. The summed E-state index contributed by atoms with van der Waals surface area (Å²) >= 11 is 1.70. The lowest BCUT2D eigenvalue weighted by molar-refractivity contribution is 0.720. The molecule has 0 saturated heterocycles. The number of hydrogen-bond donors (Lipinski definition) is 0. The van der Waals surface area contributed by atoms with E-state index in [1.807, 2.05) is 49.4 Å². The molecule has 4 aromatic rings. The van der Waals surface area contributed by atoms with E-state index in [0.717, 1.165) is 27.5 Å². The maximum atomic E-state index is 4.62. The lowest BCUT2D eigenvalue weighted by atomic mass is 10.1. The van der Waals surface area contributed by atoms with Crippen LogP contribution in [0.25, 0.3) is 27.6 Å². The zero-order chi connectivity index (χ0) is 16.5. The molecule has 118 valence electrons. The highest BCUT2D eigenvalue weighted by Crippen LogP contribution is 2.29. The number of rotatable bonds is 3. The van der Waals surface area contributed by atoms with Crippen molar-refractivity contribution in [3.63, 3.8) is 0 Å². The standard InChI is InChI=1S/C18H15N5S/c1-12-13(2)24-18(19-12)15-8-6-7-14(11-15)17-20-22-23(21-17)16-9-4-3-5-10-16/h3-11H,1-2H3. The Balaban J connectivity index is 1.70. The quantitative estimate of drug-likeness (QED) is 0.567. The third-order valence-corrected chi connectivity index (χ3v) is 4.92. The SMILES string of the molecule is Cc1nc(-c2cccc(-c3nnn(-c4ccccc4)n3)c2)sc1C. The van der Waals surface area contributed by atoms with E-state index in [-0.39, 0.29) is 0 Å². The highest BCUT2D eigenvalue weighted by Gasteiger charge is 2.11. The highest BCUT2D eigenvalue weighted by atomic mass is 32.1. The molecule has 0 radical (unpaired) electrons. The molecule has 0 bridgehead atoms. The minimum atomic E-state index is 0.603. The van der Waals surface area contributed by atoms with Crippen molar-refractivity contribution < 1.29 is 0 Å². The van der Waals surface area contributed by atoms with Crippen LogP contribution in [0.5, 0.6) is 0 Å². The van der Waals surface area contributed by atoms with E-state index in [9.17, 15) is 0 Å². The van der Waals surface area contributed by atoms with Gasteiger partial charge in [0.2, 0.25) is 5.82 Å². The van der Waals surface area contributed by atoms with Crippen LogP contribution < -0.4 is 0 Å². The van der Waals surface area contributed by atoms with Gasteiger partial charge in [-0.3, -0.25) is 0 Å². The molecule has 0 unspecified atom stereocenters. The highest BCUT2D eigenvalue weighted by molar-refractivity contribution is 7.15. The first-order valence-corrected chi connectivity index (χ1v) is 8.42. The second-order valence-corrected chi connectivity index (χ2v) is 6.68. The van der Waals surface area contributed by atoms with Gasteiger partial charge in [0.1, 0.15) is 5.01 Å². The van der Waals surface area contributed by atoms with Gasteiger partial charge in [-0.05, 0) is 37.3 Å². The number of para-hydroxylation sites is 1. The molecule has 0 N–H and O–H groups in total. The summed E-state index contributed by atoms with van der Waals surface area (Å²) in [5.41, 5.74) is 3.97. The van der Waals surface area contributed by atoms with Crippen LogP contribution in [-0.4, -0.2) is 25.2 Å². The Morgan fingerprint density at radius 3 is 2.46 bits per heavy atom. The van der Waals surface area contributed by atoms with Gasteiger partial charge in [-0.1, -0.05) is 36.4 Å². The average Bonchev–Trinajstić information content (AvgIpc) is 3.24. The number of hydrogen-bond acceptors (Lipinski definition) is 5. The third kappa shape index (κ3) is 2.72. The van der Waals surface area contributed by atoms with Crippen LogP contribution in [0.15, 0.2) is 54.6 Å². The zero-order valence-corrected chi connectivity index (χ0v) is 14.2. The van der Waals surface area contributed by atoms with E-state index in [1.54, 1.807) is 16.1 Å². The van der Waals surface area contributed by atoms with Crippen molar-refractivity contribution in [2.24, 2.45) is 0 Å². The molecule has 2 heterocycles. The molecule has 2 aromatic heterocycles. The average molecular weight is 333 g/mol. The molecule has 4 rings (SSSR count). The monoisotopic (exact) mass is 333 g/mol. The first kappa shape index (κ1) is 14.7. The van der Waals surface area contributed by atoms with Gasteiger partial charge in [0.15, 0.2) is 0 Å². The summed E-state index contributed by atoms with van der Waals surface area (Å²) in [6.45, 7) is 4.12. The van der Waals surface area contributed by atoms with Gasteiger partial charge in [-0.15, -0.1) is 26.3 Å². The van der Waals surface area contributed by atoms with Gasteiger partial charge in [-0.25, -0.2) is 4.98 Å². The minimum absolute atomic E-state index is 0.603. The van der Waals surface area contributed by atoms with Gasteiger partial charge in [-0.2, -0.15) is 0 Å². The van der Waals surface area contributed by atoms with Gasteiger partial charge in [0.25, 0.3) is 0 Å². The number of thiazole rings is 1. The Morgan fingerprint density at radius 1 is 0.917 bits per heavy atom. The molecule has 0 saturated carbocycles. The summed E-state index contributed by atoms with van der Waals surface area (Å²) in [7, 11) is 0. The molecular formula is C18H15N5S. The summed E-state index contributed by atoms with van der Waals surface area (Å²) in [4.78, 5) is 7.41. The molecule has 0 aliphatic rings. The predicted octanol–water partition coefficient (Wildman–Crippen LogP) is 4.07. The summed E-state index contributed by atoms with van der Waals surface area (Å²) in [6.07, 6.45) is 0. The van der Waals surface area contributed by atoms with Crippen molar-refractivity contribution >= 4 is 11.3 Å². The number of benzene rings is 2. The van der Waals surface area contributed by atoms with Crippen LogP contribution in [-0.2, 0) is 0 Å². The summed E-state index contributed by atoms with van der Waals surface area (Å²) in [6, 6.07) is 17.9. The van der Waals surface area contributed by atoms with E-state index in [1.165, 1.54) is 4.88 Å². The van der Waals surface area contributed by atoms with Crippen LogP contribution in [0.4, 0.5) is 0 Å². The van der Waals surface area contributed by atoms with E-state index in [0.29, 0.717) is 5.82 Å². The number of tetrazole rings is 1. The third-order valence-electron chi connectivity index (χ3n) is 3.80. The fourth-order valence-electron chi connectivity index (χ4n) is 2.39. The number of aromatic nitrogens is 5. The van der Waals surface area contributed by atoms with Crippen molar-refractivity contribution in [3.05, 3.63) is 65.2 Å². The second kappa shape index (κ2) is 5.98. The van der Waals surface area contributed by atoms with Crippen molar-refractivity contribution in [2.75, 3.05) is 0 Å². The van der Waals surface area contributed by atoms with Crippen LogP contribution in [0.1, 0.15) is 10.6 Å². The van der Waals surface area contributed by atoms with Crippen LogP contribution >= 0.6 is 11.3 Å². The smallest absolute Gasteiger partial charge is 0.205 e. The van der Waals surface area contributed by atoms with Gasteiger partial charge in [0, 0.05) is 16.0 Å². The first-order valence-electron chi connectivity index (χ1n) is 7.61. The van der Waals surface area contributed by atoms with Crippen molar-refractivity contribution in [1.29, 1.82) is 0 Å². The molecule has 0 amide bonds. The molecule has 5 nitrogen and oxygen atoms in total. The molecule has 0 aliphatic carbocycles. The maximum Gasteiger partial charge on any atom is 0.205 e. The van der Waals surface area contributed by atoms with Crippen LogP contribution in [0, 0.1) is 13.8 Å². The molecule has 0 atom stereocenters. The Hall–Kier alpha value is -2.86. The predicted molar refractivity (Wildman–Crippen MR) is 95.2 cm³/mol. The Kier molecular flexibility index (Phi) is 3.66. The fraction of sp³-hybridized carbons (Fsp3) is 0.111. The second-order valence-electron chi connectivity index (χ2n) is 5.48. The zero-order valence-electron chi connectivity index (χ0n) is 13.3. The summed E-state index contributed by atoms with van der Waals surface area (Å²) in [5, 5.41) is 13.8. The van der Waals surface area contributed by atoms with Crippen LogP contribution in [0.2, 0.25) is 0 Å². The minimum Gasteiger partial charge on any atom is -0.241 e. The van der Waals surface area contributed by atoms with Crippen LogP contribution in [0.3, 0.4) is 0 Å². The first-order chi connectivity index (χ1) is 11.7. The number of nitrogens with zero attached hydrogens (tertiary/aromatic N) is 5. The molecule has 0 fully saturated rings. The van der Waals surface area contributed by atoms with E-state index >= 15 is 0 Å². The normalized spacial score (nSPS) is 10.9. The molecule has 0 aliphatic heterocycles. The largest absolute Gasteiger partial charge is 0.241 e. The number of aryl methyl sites for hydroxylation is 2. The van der Waals surface area contributed by atoms with Crippen molar-refractivity contribution in [1.82, 2.24) is 25.2 Å². The Morgan fingerprint density at radius 2 is 1.71 bits per heavy atom. The molecule has 6 heteroatoms. The van der Waals surface area contributed by atoms with E-state index < -0.39 is 0 Å².